The van der Waals surface area contributed by atoms with E-state index >= 15 is 0 Å². The average Bonchev–Trinajstić information content (AvgIpc) is 2.32. The van der Waals surface area contributed by atoms with Crippen molar-refractivity contribution in [3.63, 3.8) is 0 Å². The molecule has 0 aliphatic heterocycles. The summed E-state index contributed by atoms with van der Waals surface area (Å²) < 4.78 is 4.46. The summed E-state index contributed by atoms with van der Waals surface area (Å²) in [6.07, 6.45) is 1.87. The third-order valence-electron chi connectivity index (χ3n) is 2.17. The van der Waals surface area contributed by atoms with Gasteiger partial charge in [-0.2, -0.15) is 0 Å². The lowest BCUT2D eigenvalue weighted by Gasteiger charge is -2.15. The van der Waals surface area contributed by atoms with Crippen molar-refractivity contribution in [2.45, 2.75) is 32.7 Å². The number of Topliss-reactive ketones (excluding diaryl/α,β-unsaturated/α-hetero) is 1. The molecule has 0 aromatic heterocycles. The van der Waals surface area contributed by atoms with Crippen LogP contribution >= 0.6 is 0 Å². The first kappa shape index (κ1) is 15.3. The normalized spacial score (nSPS) is 13.5. The van der Waals surface area contributed by atoms with Crippen LogP contribution in [0.4, 0.5) is 4.79 Å². The summed E-state index contributed by atoms with van der Waals surface area (Å²) in [6.45, 7) is 3.35. The van der Waals surface area contributed by atoms with E-state index in [0.717, 1.165) is 5.71 Å². The Morgan fingerprint density at radius 2 is 2.12 bits per heavy atom. The number of nitrogens with one attached hydrogen (secondary N) is 1. The van der Waals surface area contributed by atoms with Gasteiger partial charge in [-0.05, 0) is 13.3 Å². The number of hydrogen-bond acceptors (Lipinski definition) is 4. The maximum Gasteiger partial charge on any atom is 0.407 e. The van der Waals surface area contributed by atoms with Crippen molar-refractivity contribution in [2.75, 3.05) is 14.2 Å². The van der Waals surface area contributed by atoms with Crippen molar-refractivity contribution in [3.8, 4) is 0 Å². The summed E-state index contributed by atoms with van der Waals surface area (Å²) in [4.78, 5) is 30.3. The molecule has 0 aliphatic carbocycles. The number of ether oxygens (including phenoxy) is 1. The maximum atomic E-state index is 11.4. The van der Waals surface area contributed by atoms with Gasteiger partial charge in [0.05, 0.1) is 13.2 Å². The fourth-order valence-corrected chi connectivity index (χ4v) is 1.16. The van der Waals surface area contributed by atoms with Gasteiger partial charge in [0.1, 0.15) is 6.34 Å². The molecule has 0 aromatic rings. The smallest absolute Gasteiger partial charge is 0.407 e. The van der Waals surface area contributed by atoms with Crippen LogP contribution in [0.5, 0.6) is 0 Å². The molecule has 0 rings (SSSR count). The highest BCUT2D eigenvalue weighted by atomic mass is 16.5. The molecular formula is C11H19N3O3. The van der Waals surface area contributed by atoms with Gasteiger partial charge >= 0.3 is 6.09 Å². The van der Waals surface area contributed by atoms with E-state index in [2.05, 4.69) is 20.0 Å². The molecule has 0 spiro atoms. The lowest BCUT2D eigenvalue weighted by atomic mass is 10.1. The fourth-order valence-electron chi connectivity index (χ4n) is 1.16. The lowest BCUT2D eigenvalue weighted by molar-refractivity contribution is -0.118. The zero-order chi connectivity index (χ0) is 13.3. The highest BCUT2D eigenvalue weighted by Crippen LogP contribution is 2.01. The number of hydrogen-bond donors (Lipinski definition) is 1. The van der Waals surface area contributed by atoms with Crippen LogP contribution < -0.4 is 5.32 Å². The Morgan fingerprint density at radius 3 is 2.53 bits per heavy atom. The van der Waals surface area contributed by atoms with Gasteiger partial charge in [-0.1, -0.05) is 6.92 Å². The van der Waals surface area contributed by atoms with Crippen molar-refractivity contribution in [3.05, 3.63) is 0 Å². The molecule has 0 fully saturated rings. The van der Waals surface area contributed by atoms with Gasteiger partial charge < -0.3 is 10.1 Å². The quantitative estimate of drug-likeness (QED) is 0.560. The number of amides is 1. The van der Waals surface area contributed by atoms with Gasteiger partial charge in [-0.25, -0.2) is 9.79 Å². The summed E-state index contributed by atoms with van der Waals surface area (Å²) in [5, 5.41) is 2.47. The van der Waals surface area contributed by atoms with E-state index in [-0.39, 0.29) is 5.78 Å². The molecular weight excluding hydrogens is 222 g/mol. The predicted octanol–water partition coefficient (Wildman–Crippen LogP) is 1.20. The standard InChI is InChI=1S/C11H19N3O3/c1-5-9(13-7-12-3)6-10(8(2)15)14-11(16)17-4/h7,10H,5-6H2,1-4H3,(H,14,16)/b12-7+,13-9+/t10-/m0/s1. The Bertz CT molecular complexity index is 324. The SMILES string of the molecule is CC/C(C[C@H](NC(=O)OC)C(C)=O)=N\C=N\C. The molecule has 0 saturated carbocycles. The molecule has 0 aliphatic rings. The highest BCUT2D eigenvalue weighted by molar-refractivity contribution is 5.96. The highest BCUT2D eigenvalue weighted by Gasteiger charge is 2.18. The van der Waals surface area contributed by atoms with Crippen LogP contribution in [0.3, 0.4) is 0 Å². The van der Waals surface area contributed by atoms with Crippen LogP contribution in [0.2, 0.25) is 0 Å². The van der Waals surface area contributed by atoms with Gasteiger partial charge in [0.15, 0.2) is 5.78 Å². The monoisotopic (exact) mass is 241 g/mol. The molecule has 0 saturated heterocycles. The zero-order valence-corrected chi connectivity index (χ0v) is 10.7. The largest absolute Gasteiger partial charge is 0.453 e. The Balaban J connectivity index is 4.62. The zero-order valence-electron chi connectivity index (χ0n) is 10.7. The molecule has 96 valence electrons. The van der Waals surface area contributed by atoms with E-state index in [0.29, 0.717) is 12.8 Å². The molecule has 6 nitrogen and oxygen atoms in total. The average molecular weight is 241 g/mol. The Hall–Kier alpha value is -1.72. The summed E-state index contributed by atoms with van der Waals surface area (Å²) >= 11 is 0. The lowest BCUT2D eigenvalue weighted by Crippen LogP contribution is -2.41. The topological polar surface area (TPSA) is 80.1 Å². The van der Waals surface area contributed by atoms with E-state index in [1.807, 2.05) is 6.92 Å². The van der Waals surface area contributed by atoms with Crippen molar-refractivity contribution in [1.29, 1.82) is 0 Å². The molecule has 0 heterocycles. The molecule has 1 N–H and O–H groups in total. The van der Waals surface area contributed by atoms with Crippen molar-refractivity contribution in [2.24, 2.45) is 9.98 Å². The summed E-state index contributed by atoms with van der Waals surface area (Å²) in [7, 11) is 2.87. The number of nitrogens with zero attached hydrogens (tertiary/aromatic N) is 2. The summed E-state index contributed by atoms with van der Waals surface area (Å²) in [5.41, 5.74) is 0.798. The number of carbonyl (C=O) groups is 2. The number of rotatable bonds is 6. The fraction of sp³-hybridized carbons (Fsp3) is 0.636. The maximum absolute atomic E-state index is 11.4. The molecule has 1 amide bonds. The van der Waals surface area contributed by atoms with Crippen molar-refractivity contribution in [1.82, 2.24) is 5.32 Å². The first-order chi connectivity index (χ1) is 8.04. The van der Waals surface area contributed by atoms with E-state index in [4.69, 9.17) is 0 Å². The van der Waals surface area contributed by atoms with Crippen LogP contribution in [0, 0.1) is 0 Å². The molecule has 0 radical (unpaired) electrons. The second-order valence-corrected chi connectivity index (χ2v) is 3.43. The second kappa shape index (κ2) is 8.43. The molecule has 0 unspecified atom stereocenters. The van der Waals surface area contributed by atoms with Gasteiger partial charge in [0.2, 0.25) is 0 Å². The first-order valence-electron chi connectivity index (χ1n) is 5.36. The summed E-state index contributed by atoms with van der Waals surface area (Å²) in [5.74, 6) is -0.134. The van der Waals surface area contributed by atoms with Crippen molar-refractivity contribution >= 4 is 23.9 Å². The summed E-state index contributed by atoms with van der Waals surface area (Å²) in [6, 6.07) is -0.605. The molecule has 0 bridgehead atoms. The number of alkyl carbamates (subject to hydrolysis) is 1. The third-order valence-corrected chi connectivity index (χ3v) is 2.17. The first-order valence-corrected chi connectivity index (χ1v) is 5.36. The number of ketones is 1. The van der Waals surface area contributed by atoms with Gasteiger partial charge in [-0.3, -0.25) is 9.79 Å². The molecule has 0 aromatic carbocycles. The molecule has 6 heteroatoms. The Morgan fingerprint density at radius 1 is 1.47 bits per heavy atom. The van der Waals surface area contributed by atoms with Crippen LogP contribution in [0.1, 0.15) is 26.7 Å². The van der Waals surface area contributed by atoms with Crippen LogP contribution in [0.25, 0.3) is 0 Å². The number of carbonyl (C=O) groups excluding carboxylic acids is 2. The van der Waals surface area contributed by atoms with Crippen LogP contribution in [0.15, 0.2) is 9.98 Å². The minimum atomic E-state index is -0.621. The van der Waals surface area contributed by atoms with Gasteiger partial charge in [-0.15, -0.1) is 0 Å². The second-order valence-electron chi connectivity index (χ2n) is 3.43. The van der Waals surface area contributed by atoms with Crippen LogP contribution in [-0.4, -0.2) is 44.1 Å². The molecule has 17 heavy (non-hydrogen) atoms. The Labute approximate surface area is 101 Å². The van der Waals surface area contributed by atoms with Gasteiger partial charge in [0.25, 0.3) is 0 Å². The van der Waals surface area contributed by atoms with Crippen LogP contribution in [-0.2, 0) is 9.53 Å². The minimum absolute atomic E-state index is 0.134. The van der Waals surface area contributed by atoms with E-state index in [1.54, 1.807) is 7.05 Å². The van der Waals surface area contributed by atoms with E-state index in [9.17, 15) is 9.59 Å². The number of aliphatic imine (C=N–C) groups is 2. The minimum Gasteiger partial charge on any atom is -0.453 e. The van der Waals surface area contributed by atoms with Gasteiger partial charge in [0, 0.05) is 19.2 Å². The predicted molar refractivity (Wildman–Crippen MR) is 66.8 cm³/mol. The third kappa shape index (κ3) is 6.44. The molecule has 1 atom stereocenters. The number of methoxy groups -OCH3 is 1. The Kier molecular flexibility index (Phi) is 7.58. The van der Waals surface area contributed by atoms with Crippen molar-refractivity contribution < 1.29 is 14.3 Å². The van der Waals surface area contributed by atoms with E-state index < -0.39 is 12.1 Å². The van der Waals surface area contributed by atoms with E-state index in [1.165, 1.54) is 20.4 Å².